The molecule has 1 fully saturated rings. The van der Waals surface area contributed by atoms with Gasteiger partial charge in [0.25, 0.3) is 0 Å². The first kappa shape index (κ1) is 15.1. The fraction of sp³-hybridized carbons (Fsp3) is 0.500. The Morgan fingerprint density at radius 3 is 3.00 bits per heavy atom. The van der Waals surface area contributed by atoms with Crippen molar-refractivity contribution >= 4 is 23.2 Å². The predicted octanol–water partition coefficient (Wildman–Crippen LogP) is 2.00. The van der Waals surface area contributed by atoms with E-state index in [0.29, 0.717) is 18.9 Å². The molecule has 2 unspecified atom stereocenters. The summed E-state index contributed by atoms with van der Waals surface area (Å²) in [5, 5.41) is 15.7. The molecule has 5 nitrogen and oxygen atoms in total. The SMILES string of the molecule is CCCNC1COCC1C(=O)Nc1ccc(O)c(Cl)c1. The van der Waals surface area contributed by atoms with E-state index in [0.717, 1.165) is 13.0 Å². The Balaban J connectivity index is 1.98. The van der Waals surface area contributed by atoms with Crippen molar-refractivity contribution in [1.82, 2.24) is 5.32 Å². The van der Waals surface area contributed by atoms with Crippen LogP contribution in [0.3, 0.4) is 0 Å². The number of phenols is 1. The van der Waals surface area contributed by atoms with Gasteiger partial charge < -0.3 is 20.5 Å². The number of phenolic OH excluding ortho intramolecular Hbond substituents is 1. The lowest BCUT2D eigenvalue weighted by molar-refractivity contribution is -0.120. The summed E-state index contributed by atoms with van der Waals surface area (Å²) in [4.78, 5) is 12.2. The number of hydrogen-bond donors (Lipinski definition) is 3. The van der Waals surface area contributed by atoms with Crippen molar-refractivity contribution in [3.05, 3.63) is 23.2 Å². The number of halogens is 1. The second-order valence-corrected chi connectivity index (χ2v) is 5.27. The normalized spacial score (nSPS) is 21.9. The Kier molecular flexibility index (Phi) is 5.23. The topological polar surface area (TPSA) is 70.6 Å². The second kappa shape index (κ2) is 6.92. The molecule has 0 saturated carbocycles. The predicted molar refractivity (Wildman–Crippen MR) is 78.1 cm³/mol. The number of carbonyl (C=O) groups is 1. The van der Waals surface area contributed by atoms with Crippen LogP contribution >= 0.6 is 11.6 Å². The molecule has 0 spiro atoms. The summed E-state index contributed by atoms with van der Waals surface area (Å²) in [5.41, 5.74) is 0.568. The number of carbonyl (C=O) groups excluding carboxylic acids is 1. The smallest absolute Gasteiger partial charge is 0.231 e. The van der Waals surface area contributed by atoms with Gasteiger partial charge in [0.1, 0.15) is 5.75 Å². The van der Waals surface area contributed by atoms with Crippen LogP contribution in [0.2, 0.25) is 5.02 Å². The van der Waals surface area contributed by atoms with Crippen molar-refractivity contribution < 1.29 is 14.6 Å². The van der Waals surface area contributed by atoms with E-state index in [9.17, 15) is 9.90 Å². The number of anilines is 1. The maximum Gasteiger partial charge on any atom is 0.231 e. The van der Waals surface area contributed by atoms with Gasteiger partial charge in [-0.25, -0.2) is 0 Å². The molecule has 0 aliphatic carbocycles. The fourth-order valence-electron chi connectivity index (χ4n) is 2.16. The van der Waals surface area contributed by atoms with Crippen molar-refractivity contribution in [2.24, 2.45) is 5.92 Å². The average molecular weight is 299 g/mol. The molecule has 3 N–H and O–H groups in total. The molecule has 2 atom stereocenters. The van der Waals surface area contributed by atoms with Gasteiger partial charge in [-0.3, -0.25) is 4.79 Å². The summed E-state index contributed by atoms with van der Waals surface area (Å²) in [5.74, 6) is -0.316. The number of hydrogen-bond acceptors (Lipinski definition) is 4. The highest BCUT2D eigenvalue weighted by molar-refractivity contribution is 6.32. The van der Waals surface area contributed by atoms with Crippen LogP contribution in [0.4, 0.5) is 5.69 Å². The van der Waals surface area contributed by atoms with Gasteiger partial charge >= 0.3 is 0 Å². The third-order valence-corrected chi connectivity index (χ3v) is 3.59. The molecule has 0 bridgehead atoms. The molecule has 1 heterocycles. The lowest BCUT2D eigenvalue weighted by Gasteiger charge is -2.18. The Bertz CT molecular complexity index is 481. The number of ether oxygens (including phenoxy) is 1. The van der Waals surface area contributed by atoms with E-state index in [4.69, 9.17) is 16.3 Å². The van der Waals surface area contributed by atoms with Crippen molar-refractivity contribution in [2.45, 2.75) is 19.4 Å². The molecule has 1 amide bonds. The van der Waals surface area contributed by atoms with E-state index in [-0.39, 0.29) is 28.6 Å². The van der Waals surface area contributed by atoms with Crippen LogP contribution in [0.1, 0.15) is 13.3 Å². The average Bonchev–Trinajstić information content (AvgIpc) is 2.89. The maximum absolute atomic E-state index is 12.2. The molecular weight excluding hydrogens is 280 g/mol. The van der Waals surface area contributed by atoms with Crippen LogP contribution in [-0.4, -0.2) is 36.8 Å². The molecule has 2 rings (SSSR count). The highest BCUT2D eigenvalue weighted by Crippen LogP contribution is 2.26. The van der Waals surface area contributed by atoms with Crippen LogP contribution in [0.5, 0.6) is 5.75 Å². The monoisotopic (exact) mass is 298 g/mol. The zero-order chi connectivity index (χ0) is 14.5. The van der Waals surface area contributed by atoms with Crippen LogP contribution in [-0.2, 0) is 9.53 Å². The summed E-state index contributed by atoms with van der Waals surface area (Å²) < 4.78 is 5.38. The fourth-order valence-corrected chi connectivity index (χ4v) is 2.34. The zero-order valence-corrected chi connectivity index (χ0v) is 12.1. The van der Waals surface area contributed by atoms with Gasteiger partial charge in [0, 0.05) is 11.7 Å². The van der Waals surface area contributed by atoms with Gasteiger partial charge in [-0.05, 0) is 31.2 Å². The molecule has 1 saturated heterocycles. The van der Waals surface area contributed by atoms with Gasteiger partial charge in [0.05, 0.1) is 24.2 Å². The Morgan fingerprint density at radius 1 is 1.50 bits per heavy atom. The summed E-state index contributed by atoms with van der Waals surface area (Å²) in [7, 11) is 0. The second-order valence-electron chi connectivity index (χ2n) is 4.86. The summed E-state index contributed by atoms with van der Waals surface area (Å²) in [6, 6.07) is 4.64. The molecule has 20 heavy (non-hydrogen) atoms. The van der Waals surface area contributed by atoms with E-state index in [1.807, 2.05) is 0 Å². The van der Waals surface area contributed by atoms with E-state index < -0.39 is 0 Å². The minimum atomic E-state index is -0.214. The number of benzene rings is 1. The van der Waals surface area contributed by atoms with Crippen molar-refractivity contribution in [3.8, 4) is 5.75 Å². The van der Waals surface area contributed by atoms with E-state index in [1.54, 1.807) is 6.07 Å². The van der Waals surface area contributed by atoms with Gasteiger partial charge in [-0.2, -0.15) is 0 Å². The minimum absolute atomic E-state index is 0.00338. The van der Waals surface area contributed by atoms with Crippen LogP contribution < -0.4 is 10.6 Å². The van der Waals surface area contributed by atoms with E-state index in [2.05, 4.69) is 17.6 Å². The third-order valence-electron chi connectivity index (χ3n) is 3.29. The Hall–Kier alpha value is -1.30. The molecule has 0 radical (unpaired) electrons. The van der Waals surface area contributed by atoms with Crippen LogP contribution in [0.15, 0.2) is 18.2 Å². The number of rotatable bonds is 5. The number of amides is 1. The molecule has 1 aliphatic heterocycles. The quantitative estimate of drug-likeness (QED) is 0.727. The summed E-state index contributed by atoms with van der Waals surface area (Å²) in [6.07, 6.45) is 1.01. The summed E-state index contributed by atoms with van der Waals surface area (Å²) >= 11 is 5.82. The highest BCUT2D eigenvalue weighted by atomic mass is 35.5. The number of nitrogens with one attached hydrogen (secondary N) is 2. The Labute approximate surface area is 123 Å². The molecule has 0 aromatic heterocycles. The first-order valence-electron chi connectivity index (χ1n) is 6.72. The van der Waals surface area contributed by atoms with Crippen molar-refractivity contribution in [1.29, 1.82) is 0 Å². The molecule has 1 aliphatic rings. The zero-order valence-electron chi connectivity index (χ0n) is 11.4. The first-order chi connectivity index (χ1) is 9.61. The third kappa shape index (κ3) is 3.62. The van der Waals surface area contributed by atoms with E-state index >= 15 is 0 Å². The number of aromatic hydroxyl groups is 1. The standard InChI is InChI=1S/C14H19ClN2O3/c1-2-5-16-12-8-20-7-10(12)14(19)17-9-3-4-13(18)11(15)6-9/h3-4,6,10,12,16,18H,2,5,7-8H2,1H3,(H,17,19). The van der Waals surface area contributed by atoms with Gasteiger partial charge in [0.2, 0.25) is 5.91 Å². The lowest BCUT2D eigenvalue weighted by atomic mass is 10.0. The lowest BCUT2D eigenvalue weighted by Crippen LogP contribution is -2.41. The molecule has 1 aromatic carbocycles. The van der Waals surface area contributed by atoms with Gasteiger partial charge in [-0.1, -0.05) is 18.5 Å². The van der Waals surface area contributed by atoms with Crippen LogP contribution in [0, 0.1) is 5.92 Å². The largest absolute Gasteiger partial charge is 0.506 e. The minimum Gasteiger partial charge on any atom is -0.506 e. The highest BCUT2D eigenvalue weighted by Gasteiger charge is 2.33. The van der Waals surface area contributed by atoms with Crippen LogP contribution in [0.25, 0.3) is 0 Å². The maximum atomic E-state index is 12.2. The molecule has 1 aromatic rings. The van der Waals surface area contributed by atoms with E-state index in [1.165, 1.54) is 12.1 Å². The summed E-state index contributed by atoms with van der Waals surface area (Å²) in [6.45, 7) is 3.91. The van der Waals surface area contributed by atoms with Gasteiger partial charge in [-0.15, -0.1) is 0 Å². The molecular formula is C14H19ClN2O3. The molecule has 110 valence electrons. The van der Waals surface area contributed by atoms with Gasteiger partial charge in [0.15, 0.2) is 0 Å². The molecule has 6 heteroatoms. The Morgan fingerprint density at radius 2 is 2.30 bits per heavy atom. The van der Waals surface area contributed by atoms with Crippen molar-refractivity contribution in [3.63, 3.8) is 0 Å². The van der Waals surface area contributed by atoms with Crippen molar-refractivity contribution in [2.75, 3.05) is 25.1 Å². The first-order valence-corrected chi connectivity index (χ1v) is 7.10.